The van der Waals surface area contributed by atoms with Crippen molar-refractivity contribution >= 4 is 11.5 Å². The van der Waals surface area contributed by atoms with E-state index < -0.39 is 0 Å². The average Bonchev–Trinajstić information content (AvgIpc) is 3.18. The Morgan fingerprint density at radius 2 is 2.14 bits per heavy atom. The zero-order valence-electron chi connectivity index (χ0n) is 13.0. The van der Waals surface area contributed by atoms with E-state index in [0.717, 1.165) is 30.8 Å². The number of allylic oxidation sites excluding steroid dienone is 2. The Hall–Kier alpha value is -2.01. The maximum absolute atomic E-state index is 11.4. The topological polar surface area (TPSA) is 48.0 Å². The number of nitrogens with zero attached hydrogens (tertiary/aromatic N) is 1. The van der Waals surface area contributed by atoms with Crippen LogP contribution in [0.4, 0.5) is 5.69 Å². The first-order chi connectivity index (χ1) is 10.7. The van der Waals surface area contributed by atoms with E-state index in [0.29, 0.717) is 24.5 Å². The molecule has 0 amide bonds. The van der Waals surface area contributed by atoms with Gasteiger partial charge in [0.05, 0.1) is 20.3 Å². The number of rotatable bonds is 5. The van der Waals surface area contributed by atoms with Crippen molar-refractivity contribution < 1.29 is 19.0 Å². The molecule has 5 heteroatoms. The van der Waals surface area contributed by atoms with Gasteiger partial charge in [-0.25, -0.2) is 0 Å². The molecule has 1 fully saturated rings. The van der Waals surface area contributed by atoms with Crippen molar-refractivity contribution in [3.63, 3.8) is 0 Å². The third-order valence-corrected chi connectivity index (χ3v) is 4.10. The van der Waals surface area contributed by atoms with Crippen LogP contribution in [0.1, 0.15) is 19.3 Å². The first-order valence-corrected chi connectivity index (χ1v) is 7.57. The molecule has 1 aromatic carbocycles. The average molecular weight is 303 g/mol. The number of anilines is 1. The van der Waals surface area contributed by atoms with E-state index in [-0.39, 0.29) is 11.9 Å². The van der Waals surface area contributed by atoms with Crippen LogP contribution in [0, 0.1) is 0 Å². The lowest BCUT2D eigenvalue weighted by Crippen LogP contribution is -2.18. The number of ketones is 1. The molecule has 3 rings (SSSR count). The van der Waals surface area contributed by atoms with E-state index in [1.165, 1.54) is 0 Å². The normalized spacial score (nSPS) is 20.9. The van der Waals surface area contributed by atoms with E-state index in [9.17, 15) is 4.79 Å². The Labute approximate surface area is 130 Å². The zero-order valence-corrected chi connectivity index (χ0v) is 13.0. The second-order valence-electron chi connectivity index (χ2n) is 5.60. The smallest absolute Gasteiger partial charge is 0.163 e. The van der Waals surface area contributed by atoms with Crippen molar-refractivity contribution in [3.05, 3.63) is 30.0 Å². The number of carbonyl (C=O) groups is 1. The first-order valence-electron chi connectivity index (χ1n) is 7.57. The fourth-order valence-electron chi connectivity index (χ4n) is 2.76. The molecule has 22 heavy (non-hydrogen) atoms. The molecule has 1 aliphatic carbocycles. The number of benzene rings is 1. The Morgan fingerprint density at radius 3 is 2.77 bits per heavy atom. The summed E-state index contributed by atoms with van der Waals surface area (Å²) in [6.45, 7) is 1.35. The summed E-state index contributed by atoms with van der Waals surface area (Å²) in [5, 5.41) is 0. The third kappa shape index (κ3) is 3.09. The summed E-state index contributed by atoms with van der Waals surface area (Å²) in [5.41, 5.74) is 2.01. The summed E-state index contributed by atoms with van der Waals surface area (Å²) >= 11 is 0. The van der Waals surface area contributed by atoms with Gasteiger partial charge in [0, 0.05) is 43.4 Å². The number of carbonyl (C=O) groups excluding carboxylic acids is 1. The van der Waals surface area contributed by atoms with Crippen LogP contribution in [-0.2, 0) is 9.53 Å². The van der Waals surface area contributed by atoms with Gasteiger partial charge in [-0.1, -0.05) is 0 Å². The molecular weight excluding hydrogens is 282 g/mol. The molecule has 0 saturated carbocycles. The van der Waals surface area contributed by atoms with Gasteiger partial charge in [-0.3, -0.25) is 4.79 Å². The molecule has 118 valence electrons. The number of hydrogen-bond donors (Lipinski definition) is 0. The molecule has 5 nitrogen and oxygen atoms in total. The Bertz CT molecular complexity index is 590. The van der Waals surface area contributed by atoms with Crippen LogP contribution in [0.15, 0.2) is 30.0 Å². The van der Waals surface area contributed by atoms with Crippen LogP contribution in [0.3, 0.4) is 0 Å². The zero-order chi connectivity index (χ0) is 15.5. The number of methoxy groups -OCH3 is 1. The molecule has 1 atom stereocenters. The molecule has 0 aromatic heterocycles. The van der Waals surface area contributed by atoms with E-state index >= 15 is 0 Å². The number of ether oxygens (including phenoxy) is 3. The second kappa shape index (κ2) is 6.40. The molecule has 0 N–H and O–H groups in total. The minimum absolute atomic E-state index is 0.0710. The van der Waals surface area contributed by atoms with Gasteiger partial charge < -0.3 is 19.1 Å². The van der Waals surface area contributed by atoms with E-state index in [2.05, 4.69) is 0 Å². The lowest BCUT2D eigenvalue weighted by atomic mass is 10.2. The monoisotopic (exact) mass is 303 g/mol. The highest BCUT2D eigenvalue weighted by Gasteiger charge is 2.21. The molecule has 1 unspecified atom stereocenters. The maximum Gasteiger partial charge on any atom is 0.163 e. The van der Waals surface area contributed by atoms with Crippen LogP contribution in [-0.4, -0.2) is 39.3 Å². The molecule has 0 spiro atoms. The van der Waals surface area contributed by atoms with Crippen LogP contribution in [0.25, 0.3) is 0 Å². The van der Waals surface area contributed by atoms with Gasteiger partial charge in [-0.05, 0) is 18.6 Å². The van der Waals surface area contributed by atoms with Gasteiger partial charge >= 0.3 is 0 Å². The van der Waals surface area contributed by atoms with Crippen LogP contribution >= 0.6 is 0 Å². The third-order valence-electron chi connectivity index (χ3n) is 4.10. The largest absolute Gasteiger partial charge is 0.493 e. The highest BCUT2D eigenvalue weighted by atomic mass is 16.6. The molecule has 1 aromatic rings. The van der Waals surface area contributed by atoms with Crippen molar-refractivity contribution in [2.45, 2.75) is 25.4 Å². The number of hydrogen-bond acceptors (Lipinski definition) is 5. The predicted molar refractivity (Wildman–Crippen MR) is 83.6 cm³/mol. The predicted octanol–water partition coefficient (Wildman–Crippen LogP) is 2.55. The summed E-state index contributed by atoms with van der Waals surface area (Å²) < 4.78 is 16.7. The highest BCUT2D eigenvalue weighted by molar-refractivity contribution is 5.93. The SMILES string of the molecule is COc1ccc(N(C)C2=CC(=O)CC2)cc1OC1CCOC1. The fourth-order valence-corrected chi connectivity index (χ4v) is 2.76. The van der Waals surface area contributed by atoms with Gasteiger partial charge in [-0.15, -0.1) is 0 Å². The molecule has 0 radical (unpaired) electrons. The Morgan fingerprint density at radius 1 is 1.27 bits per heavy atom. The standard InChI is InChI=1S/C17H21NO4/c1-18(12-3-5-14(19)9-12)13-4-6-16(20-2)17(10-13)22-15-7-8-21-11-15/h4,6,9-10,15H,3,5,7-8,11H2,1-2H3. The summed E-state index contributed by atoms with van der Waals surface area (Å²) in [7, 11) is 3.60. The lowest BCUT2D eigenvalue weighted by molar-refractivity contribution is -0.114. The van der Waals surface area contributed by atoms with Crippen LogP contribution in [0.2, 0.25) is 0 Å². The minimum atomic E-state index is 0.0710. The summed E-state index contributed by atoms with van der Waals surface area (Å²) in [6.07, 6.45) is 4.06. The van der Waals surface area contributed by atoms with Crippen molar-refractivity contribution in [3.8, 4) is 11.5 Å². The van der Waals surface area contributed by atoms with Crippen LogP contribution < -0.4 is 14.4 Å². The van der Waals surface area contributed by atoms with Crippen molar-refractivity contribution in [2.75, 3.05) is 32.3 Å². The molecule has 1 heterocycles. The van der Waals surface area contributed by atoms with Gasteiger partial charge in [0.1, 0.15) is 6.10 Å². The summed E-state index contributed by atoms with van der Waals surface area (Å²) in [6, 6.07) is 5.83. The Kier molecular flexibility index (Phi) is 4.34. The highest BCUT2D eigenvalue weighted by Crippen LogP contribution is 2.35. The molecule has 1 aliphatic heterocycles. The molecule has 2 aliphatic rings. The van der Waals surface area contributed by atoms with Crippen molar-refractivity contribution in [1.29, 1.82) is 0 Å². The van der Waals surface area contributed by atoms with Gasteiger partial charge in [-0.2, -0.15) is 0 Å². The lowest BCUT2D eigenvalue weighted by Gasteiger charge is -2.23. The minimum Gasteiger partial charge on any atom is -0.493 e. The molecule has 1 saturated heterocycles. The Balaban J connectivity index is 1.82. The van der Waals surface area contributed by atoms with Crippen molar-refractivity contribution in [1.82, 2.24) is 0 Å². The van der Waals surface area contributed by atoms with Gasteiger partial charge in [0.2, 0.25) is 0 Å². The van der Waals surface area contributed by atoms with E-state index in [4.69, 9.17) is 14.2 Å². The fraction of sp³-hybridized carbons (Fsp3) is 0.471. The first kappa shape index (κ1) is 14.9. The summed E-state index contributed by atoms with van der Waals surface area (Å²) in [4.78, 5) is 13.5. The maximum atomic E-state index is 11.4. The van der Waals surface area contributed by atoms with Gasteiger partial charge in [0.25, 0.3) is 0 Å². The van der Waals surface area contributed by atoms with E-state index in [1.54, 1.807) is 13.2 Å². The van der Waals surface area contributed by atoms with Crippen LogP contribution in [0.5, 0.6) is 11.5 Å². The van der Waals surface area contributed by atoms with E-state index in [1.807, 2.05) is 30.1 Å². The molecular formula is C17H21NO4. The van der Waals surface area contributed by atoms with Gasteiger partial charge in [0.15, 0.2) is 17.3 Å². The summed E-state index contributed by atoms with van der Waals surface area (Å²) in [5.74, 6) is 1.61. The second-order valence-corrected chi connectivity index (χ2v) is 5.60. The van der Waals surface area contributed by atoms with Crippen molar-refractivity contribution in [2.24, 2.45) is 0 Å². The quantitative estimate of drug-likeness (QED) is 0.836. The molecule has 0 bridgehead atoms.